The summed E-state index contributed by atoms with van der Waals surface area (Å²) in [6.07, 6.45) is 1.56. The minimum Gasteiger partial charge on any atom is -0.456 e. The molecule has 1 fully saturated rings. The molecule has 1 atom stereocenters. The Morgan fingerprint density at radius 3 is 2.38 bits per heavy atom. The Morgan fingerprint density at radius 2 is 1.72 bits per heavy atom. The minimum absolute atomic E-state index is 0.0930. The van der Waals surface area contributed by atoms with Crippen molar-refractivity contribution >= 4 is 37.7 Å². The fraction of sp³-hybridized carbons (Fsp3) is 0.300. The fourth-order valence-corrected chi connectivity index (χ4v) is 5.03. The summed E-state index contributed by atoms with van der Waals surface area (Å²) in [6, 6.07) is 10.0. The molecule has 1 saturated heterocycles. The monoisotopic (exact) mass is 483 g/mol. The van der Waals surface area contributed by atoms with Gasteiger partial charge in [0, 0.05) is 16.6 Å². The molecule has 0 radical (unpaired) electrons. The molecule has 0 N–H and O–H groups in total. The van der Waals surface area contributed by atoms with Crippen LogP contribution >= 0.6 is 15.9 Å². The number of carbonyl (C=O) groups excluding carboxylic acids is 2. The number of carbonyl (C=O) groups is 2. The number of esters is 1. The SMILES string of the molecule is O=C(COC(=O)[C@H]1CCCCN1S(=O)(=O)c1ccc(F)cc1)c1ccc(Br)cc1. The molecule has 3 rings (SSSR count). The Bertz CT molecular complexity index is 993. The molecule has 1 aliphatic rings. The number of halogens is 2. The van der Waals surface area contributed by atoms with Crippen LogP contribution in [0.2, 0.25) is 0 Å². The summed E-state index contributed by atoms with van der Waals surface area (Å²) in [7, 11) is -3.99. The van der Waals surface area contributed by atoms with Gasteiger partial charge < -0.3 is 4.74 Å². The zero-order chi connectivity index (χ0) is 21.0. The highest BCUT2D eigenvalue weighted by molar-refractivity contribution is 9.10. The van der Waals surface area contributed by atoms with Crippen LogP contribution in [0, 0.1) is 5.82 Å². The number of ether oxygens (including phenoxy) is 1. The number of hydrogen-bond donors (Lipinski definition) is 0. The van der Waals surface area contributed by atoms with E-state index in [1.165, 1.54) is 12.1 Å². The van der Waals surface area contributed by atoms with Crippen LogP contribution < -0.4 is 0 Å². The van der Waals surface area contributed by atoms with Crippen LogP contribution in [-0.4, -0.2) is 43.7 Å². The van der Waals surface area contributed by atoms with Crippen molar-refractivity contribution in [2.45, 2.75) is 30.2 Å². The molecule has 0 aromatic heterocycles. The first-order valence-corrected chi connectivity index (χ1v) is 11.2. The van der Waals surface area contributed by atoms with Gasteiger partial charge in [-0.15, -0.1) is 0 Å². The van der Waals surface area contributed by atoms with E-state index >= 15 is 0 Å². The number of benzene rings is 2. The van der Waals surface area contributed by atoms with E-state index < -0.39 is 34.5 Å². The van der Waals surface area contributed by atoms with Crippen molar-refractivity contribution in [3.63, 3.8) is 0 Å². The maximum atomic E-state index is 13.1. The molecule has 0 amide bonds. The molecule has 1 aliphatic heterocycles. The Kier molecular flexibility index (Phi) is 6.81. The lowest BCUT2D eigenvalue weighted by atomic mass is 10.1. The van der Waals surface area contributed by atoms with Crippen LogP contribution in [0.5, 0.6) is 0 Å². The Morgan fingerprint density at radius 1 is 1.07 bits per heavy atom. The molecule has 0 spiro atoms. The molecule has 2 aromatic carbocycles. The average molecular weight is 484 g/mol. The van der Waals surface area contributed by atoms with Gasteiger partial charge in [0.1, 0.15) is 11.9 Å². The van der Waals surface area contributed by atoms with E-state index in [1.807, 2.05) is 0 Å². The van der Waals surface area contributed by atoms with Crippen LogP contribution in [-0.2, 0) is 19.6 Å². The highest BCUT2D eigenvalue weighted by Gasteiger charge is 2.38. The molecule has 154 valence electrons. The predicted octanol–water partition coefficient (Wildman–Crippen LogP) is 3.56. The second kappa shape index (κ2) is 9.15. The highest BCUT2D eigenvalue weighted by Crippen LogP contribution is 2.26. The molecule has 0 bridgehead atoms. The predicted molar refractivity (Wildman–Crippen MR) is 107 cm³/mol. The van der Waals surface area contributed by atoms with Crippen molar-refractivity contribution in [1.82, 2.24) is 4.31 Å². The quantitative estimate of drug-likeness (QED) is 0.463. The van der Waals surface area contributed by atoms with Gasteiger partial charge in [-0.05, 0) is 55.7 Å². The third-order valence-corrected chi connectivity index (χ3v) is 7.11. The van der Waals surface area contributed by atoms with E-state index in [0.717, 1.165) is 20.9 Å². The lowest BCUT2D eigenvalue weighted by Gasteiger charge is -2.32. The van der Waals surface area contributed by atoms with Crippen molar-refractivity contribution in [2.75, 3.05) is 13.2 Å². The van der Waals surface area contributed by atoms with E-state index in [1.54, 1.807) is 24.3 Å². The van der Waals surface area contributed by atoms with Gasteiger partial charge in [-0.2, -0.15) is 4.31 Å². The average Bonchev–Trinajstić information content (AvgIpc) is 2.72. The van der Waals surface area contributed by atoms with Crippen molar-refractivity contribution in [3.8, 4) is 0 Å². The van der Waals surface area contributed by atoms with Gasteiger partial charge in [-0.1, -0.05) is 28.1 Å². The summed E-state index contributed by atoms with van der Waals surface area (Å²) in [5.41, 5.74) is 0.389. The molecule has 29 heavy (non-hydrogen) atoms. The first-order valence-electron chi connectivity index (χ1n) is 9.02. The van der Waals surface area contributed by atoms with E-state index in [0.29, 0.717) is 24.8 Å². The van der Waals surface area contributed by atoms with E-state index in [-0.39, 0.29) is 17.2 Å². The topological polar surface area (TPSA) is 80.8 Å². The first kappa shape index (κ1) is 21.6. The van der Waals surface area contributed by atoms with Gasteiger partial charge in [0.2, 0.25) is 10.0 Å². The van der Waals surface area contributed by atoms with Crippen LogP contribution in [0.4, 0.5) is 4.39 Å². The molecular weight excluding hydrogens is 465 g/mol. The normalized spacial score (nSPS) is 17.7. The van der Waals surface area contributed by atoms with Crippen LogP contribution in [0.15, 0.2) is 57.9 Å². The summed E-state index contributed by atoms with van der Waals surface area (Å²) in [5.74, 6) is -1.69. The number of Topliss-reactive ketones (excluding diaryl/α,β-unsaturated/α-hetero) is 1. The van der Waals surface area contributed by atoms with Crippen LogP contribution in [0.1, 0.15) is 29.6 Å². The summed E-state index contributed by atoms with van der Waals surface area (Å²) >= 11 is 3.28. The number of rotatable bonds is 6. The number of ketones is 1. The molecule has 6 nitrogen and oxygen atoms in total. The minimum atomic E-state index is -3.99. The highest BCUT2D eigenvalue weighted by atomic mass is 79.9. The molecule has 0 aliphatic carbocycles. The maximum absolute atomic E-state index is 13.1. The molecular formula is C20H19BrFNO5S. The van der Waals surface area contributed by atoms with Crippen molar-refractivity contribution in [1.29, 1.82) is 0 Å². The molecule has 0 unspecified atom stereocenters. The summed E-state index contributed by atoms with van der Waals surface area (Å²) in [4.78, 5) is 24.7. The van der Waals surface area contributed by atoms with E-state index in [9.17, 15) is 22.4 Å². The van der Waals surface area contributed by atoms with Crippen molar-refractivity contribution in [3.05, 3.63) is 64.4 Å². The van der Waals surface area contributed by atoms with E-state index in [2.05, 4.69) is 15.9 Å². The summed E-state index contributed by atoms with van der Waals surface area (Å²) in [6.45, 7) is -0.318. The van der Waals surface area contributed by atoms with Crippen LogP contribution in [0.3, 0.4) is 0 Å². The Hall–Kier alpha value is -2.10. The Labute approximate surface area is 176 Å². The fourth-order valence-electron chi connectivity index (χ4n) is 3.12. The first-order chi connectivity index (χ1) is 13.8. The standard InChI is InChI=1S/C20H19BrFNO5S/c21-15-6-4-14(5-7-15)19(24)13-28-20(25)18-3-1-2-12-23(18)29(26,27)17-10-8-16(22)9-11-17/h4-11,18H,1-3,12-13H2/t18-/m1/s1. The molecule has 1 heterocycles. The van der Waals surface area contributed by atoms with Gasteiger partial charge in [0.05, 0.1) is 4.90 Å². The van der Waals surface area contributed by atoms with Gasteiger partial charge in [0.15, 0.2) is 12.4 Å². The number of piperidine rings is 1. The van der Waals surface area contributed by atoms with Crippen LogP contribution in [0.25, 0.3) is 0 Å². The van der Waals surface area contributed by atoms with Gasteiger partial charge in [-0.3, -0.25) is 9.59 Å². The summed E-state index contributed by atoms with van der Waals surface area (Å²) < 4.78 is 46.0. The van der Waals surface area contributed by atoms with Gasteiger partial charge in [0.25, 0.3) is 0 Å². The number of hydrogen-bond acceptors (Lipinski definition) is 5. The number of nitrogens with zero attached hydrogens (tertiary/aromatic N) is 1. The second-order valence-electron chi connectivity index (χ2n) is 6.62. The smallest absolute Gasteiger partial charge is 0.324 e. The molecule has 0 saturated carbocycles. The largest absolute Gasteiger partial charge is 0.456 e. The van der Waals surface area contributed by atoms with Gasteiger partial charge in [-0.25, -0.2) is 12.8 Å². The lowest BCUT2D eigenvalue weighted by molar-refractivity contribution is -0.148. The lowest BCUT2D eigenvalue weighted by Crippen LogP contribution is -2.48. The number of sulfonamides is 1. The van der Waals surface area contributed by atoms with Gasteiger partial charge >= 0.3 is 5.97 Å². The van der Waals surface area contributed by atoms with Crippen molar-refractivity contribution in [2.24, 2.45) is 0 Å². The summed E-state index contributed by atoms with van der Waals surface area (Å²) in [5, 5.41) is 0. The third kappa shape index (κ3) is 5.09. The third-order valence-electron chi connectivity index (χ3n) is 4.66. The zero-order valence-electron chi connectivity index (χ0n) is 15.4. The maximum Gasteiger partial charge on any atom is 0.324 e. The molecule has 9 heteroatoms. The van der Waals surface area contributed by atoms with Crippen molar-refractivity contribution < 1.29 is 27.1 Å². The van der Waals surface area contributed by atoms with E-state index in [4.69, 9.17) is 4.74 Å². The molecule has 2 aromatic rings. The Balaban J connectivity index is 1.71. The second-order valence-corrected chi connectivity index (χ2v) is 9.43. The zero-order valence-corrected chi connectivity index (χ0v) is 17.8.